The predicted octanol–water partition coefficient (Wildman–Crippen LogP) is 2.94. The molecule has 1 N–H and O–H groups in total. The monoisotopic (exact) mass is 361 g/mol. The highest BCUT2D eigenvalue weighted by Crippen LogP contribution is 2.39. The zero-order chi connectivity index (χ0) is 18.0. The standard InChI is InChI=1S/C18H23N3O3S/c1-20-17(24)21(16(23)18(20)10-6-3-7-11-18)12-15(22)19-13-8-4-5-9-14(13)25-2/h4-5,8-9H,3,6-7,10-12H2,1-2H3,(H,19,22). The van der Waals surface area contributed by atoms with E-state index in [1.54, 1.807) is 7.05 Å². The second kappa shape index (κ2) is 7.07. The van der Waals surface area contributed by atoms with Crippen molar-refractivity contribution in [3.63, 3.8) is 0 Å². The maximum absolute atomic E-state index is 12.9. The van der Waals surface area contributed by atoms with Crippen molar-refractivity contribution in [3.05, 3.63) is 24.3 Å². The minimum absolute atomic E-state index is 0.229. The lowest BCUT2D eigenvalue weighted by Crippen LogP contribution is -2.49. The molecule has 2 aliphatic rings. The van der Waals surface area contributed by atoms with Crippen LogP contribution in [-0.2, 0) is 9.59 Å². The molecular weight excluding hydrogens is 338 g/mol. The lowest BCUT2D eigenvalue weighted by atomic mass is 9.81. The molecule has 1 aliphatic heterocycles. The summed E-state index contributed by atoms with van der Waals surface area (Å²) >= 11 is 1.53. The summed E-state index contributed by atoms with van der Waals surface area (Å²) < 4.78 is 0. The van der Waals surface area contributed by atoms with Crippen molar-refractivity contribution in [2.24, 2.45) is 0 Å². The highest BCUT2D eigenvalue weighted by molar-refractivity contribution is 7.98. The maximum Gasteiger partial charge on any atom is 0.327 e. The molecule has 1 saturated carbocycles. The van der Waals surface area contributed by atoms with E-state index in [2.05, 4.69) is 5.32 Å². The van der Waals surface area contributed by atoms with Gasteiger partial charge >= 0.3 is 6.03 Å². The second-order valence-corrected chi connectivity index (χ2v) is 7.42. The highest BCUT2D eigenvalue weighted by atomic mass is 32.2. The Morgan fingerprint density at radius 3 is 2.56 bits per heavy atom. The number of likely N-dealkylation sites (N-methyl/N-ethyl adjacent to an activating group) is 1. The number of benzene rings is 1. The molecule has 0 radical (unpaired) electrons. The van der Waals surface area contributed by atoms with Crippen molar-refractivity contribution in [1.29, 1.82) is 0 Å². The average molecular weight is 361 g/mol. The molecule has 1 heterocycles. The minimum atomic E-state index is -0.743. The van der Waals surface area contributed by atoms with Gasteiger partial charge in [-0.05, 0) is 31.2 Å². The Kier molecular flexibility index (Phi) is 5.03. The molecule has 4 amide bonds. The van der Waals surface area contributed by atoms with Crippen LogP contribution in [0.1, 0.15) is 32.1 Å². The third kappa shape index (κ3) is 3.13. The number of anilines is 1. The summed E-state index contributed by atoms with van der Waals surface area (Å²) in [5, 5.41) is 2.81. The van der Waals surface area contributed by atoms with E-state index in [4.69, 9.17) is 0 Å². The van der Waals surface area contributed by atoms with Crippen LogP contribution in [0.3, 0.4) is 0 Å². The van der Waals surface area contributed by atoms with E-state index in [1.807, 2.05) is 30.5 Å². The van der Waals surface area contributed by atoms with E-state index >= 15 is 0 Å². The molecule has 0 atom stereocenters. The molecule has 1 aromatic carbocycles. The summed E-state index contributed by atoms with van der Waals surface area (Å²) in [5.41, 5.74) is -0.0490. The molecule has 0 bridgehead atoms. The first kappa shape index (κ1) is 17.8. The van der Waals surface area contributed by atoms with Crippen molar-refractivity contribution < 1.29 is 14.4 Å². The second-order valence-electron chi connectivity index (χ2n) is 6.57. The Bertz CT molecular complexity index is 701. The summed E-state index contributed by atoms with van der Waals surface area (Å²) in [5.74, 6) is -0.586. The van der Waals surface area contributed by atoms with Gasteiger partial charge < -0.3 is 10.2 Å². The van der Waals surface area contributed by atoms with Gasteiger partial charge in [-0.1, -0.05) is 31.4 Å². The molecule has 134 valence electrons. The first-order valence-corrected chi connectivity index (χ1v) is 9.75. The molecule has 0 aromatic heterocycles. The first-order valence-electron chi connectivity index (χ1n) is 8.52. The van der Waals surface area contributed by atoms with Gasteiger partial charge in [0, 0.05) is 11.9 Å². The zero-order valence-electron chi connectivity index (χ0n) is 14.6. The Labute approximate surface area is 151 Å². The third-order valence-electron chi connectivity index (χ3n) is 5.17. The fourth-order valence-electron chi connectivity index (χ4n) is 3.75. The van der Waals surface area contributed by atoms with Crippen LogP contribution in [0.4, 0.5) is 10.5 Å². The van der Waals surface area contributed by atoms with Gasteiger partial charge in [0.15, 0.2) is 0 Å². The molecule has 3 rings (SSSR count). The number of nitrogens with one attached hydrogen (secondary N) is 1. The van der Waals surface area contributed by atoms with Crippen LogP contribution in [0.25, 0.3) is 0 Å². The van der Waals surface area contributed by atoms with Crippen LogP contribution in [0.5, 0.6) is 0 Å². The molecular formula is C18H23N3O3S. The Hall–Kier alpha value is -2.02. The van der Waals surface area contributed by atoms with Gasteiger partial charge in [-0.15, -0.1) is 11.8 Å². The fourth-order valence-corrected chi connectivity index (χ4v) is 4.31. The smallest absolute Gasteiger partial charge is 0.324 e. The number of amides is 4. The molecule has 1 saturated heterocycles. The van der Waals surface area contributed by atoms with Crippen LogP contribution in [-0.4, -0.2) is 53.0 Å². The van der Waals surface area contributed by atoms with E-state index in [1.165, 1.54) is 16.7 Å². The van der Waals surface area contributed by atoms with Crippen molar-refractivity contribution >= 4 is 35.3 Å². The van der Waals surface area contributed by atoms with Crippen LogP contribution in [0, 0.1) is 0 Å². The summed E-state index contributed by atoms with van der Waals surface area (Å²) in [6.07, 6.45) is 6.25. The number of carbonyl (C=O) groups is 3. The van der Waals surface area contributed by atoms with Gasteiger partial charge in [0.05, 0.1) is 5.69 Å². The number of rotatable bonds is 4. The van der Waals surface area contributed by atoms with Gasteiger partial charge in [-0.2, -0.15) is 0 Å². The number of nitrogens with zero attached hydrogens (tertiary/aromatic N) is 2. The topological polar surface area (TPSA) is 69.7 Å². The largest absolute Gasteiger partial charge is 0.327 e. The van der Waals surface area contributed by atoms with Gasteiger partial charge in [0.2, 0.25) is 5.91 Å². The maximum atomic E-state index is 12.9. The highest BCUT2D eigenvalue weighted by Gasteiger charge is 2.55. The predicted molar refractivity (Wildman–Crippen MR) is 97.5 cm³/mol. The quantitative estimate of drug-likeness (QED) is 0.661. The Balaban J connectivity index is 1.73. The minimum Gasteiger partial charge on any atom is -0.324 e. The lowest BCUT2D eigenvalue weighted by Gasteiger charge is -2.35. The van der Waals surface area contributed by atoms with Gasteiger partial charge in [0.25, 0.3) is 5.91 Å². The number of urea groups is 1. The number of thioether (sulfide) groups is 1. The van der Waals surface area contributed by atoms with Crippen molar-refractivity contribution in [3.8, 4) is 0 Å². The zero-order valence-corrected chi connectivity index (χ0v) is 15.4. The van der Waals surface area contributed by atoms with E-state index in [0.29, 0.717) is 18.5 Å². The molecule has 6 nitrogen and oxygen atoms in total. The molecule has 7 heteroatoms. The summed E-state index contributed by atoms with van der Waals surface area (Å²) in [6.45, 7) is -0.244. The van der Waals surface area contributed by atoms with Crippen molar-refractivity contribution in [2.75, 3.05) is 25.2 Å². The van der Waals surface area contributed by atoms with Crippen LogP contribution in [0.15, 0.2) is 29.2 Å². The van der Waals surface area contributed by atoms with Gasteiger partial charge in [-0.3, -0.25) is 14.5 Å². The van der Waals surface area contributed by atoms with Crippen LogP contribution in [0.2, 0.25) is 0 Å². The summed E-state index contributed by atoms with van der Waals surface area (Å²) in [7, 11) is 1.67. The SMILES string of the molecule is CSc1ccccc1NC(=O)CN1C(=O)N(C)C2(CCCCC2)C1=O. The summed E-state index contributed by atoms with van der Waals surface area (Å²) in [6, 6.07) is 7.09. The third-order valence-corrected chi connectivity index (χ3v) is 5.96. The van der Waals surface area contributed by atoms with Gasteiger partial charge in [0.1, 0.15) is 12.1 Å². The molecule has 1 spiro atoms. The molecule has 1 aliphatic carbocycles. The molecule has 0 unspecified atom stereocenters. The molecule has 2 fully saturated rings. The summed E-state index contributed by atoms with van der Waals surface area (Å²) in [4.78, 5) is 41.4. The van der Waals surface area contributed by atoms with Crippen LogP contribution >= 0.6 is 11.8 Å². The lowest BCUT2D eigenvalue weighted by molar-refractivity contribution is -0.136. The van der Waals surface area contributed by atoms with E-state index in [0.717, 1.165) is 29.1 Å². The average Bonchev–Trinajstić information content (AvgIpc) is 2.79. The fraction of sp³-hybridized carbons (Fsp3) is 0.500. The van der Waals surface area contributed by atoms with Crippen molar-refractivity contribution in [1.82, 2.24) is 9.80 Å². The van der Waals surface area contributed by atoms with Crippen molar-refractivity contribution in [2.45, 2.75) is 42.5 Å². The van der Waals surface area contributed by atoms with E-state index in [-0.39, 0.29) is 24.4 Å². The number of hydrogen-bond donors (Lipinski definition) is 1. The van der Waals surface area contributed by atoms with E-state index < -0.39 is 5.54 Å². The number of hydrogen-bond acceptors (Lipinski definition) is 4. The van der Waals surface area contributed by atoms with E-state index in [9.17, 15) is 14.4 Å². The number of para-hydroxylation sites is 1. The Morgan fingerprint density at radius 1 is 1.20 bits per heavy atom. The number of imide groups is 1. The molecule has 25 heavy (non-hydrogen) atoms. The van der Waals surface area contributed by atoms with Crippen LogP contribution < -0.4 is 5.32 Å². The number of carbonyl (C=O) groups excluding carboxylic acids is 3. The normalized spacial score (nSPS) is 19.6. The first-order chi connectivity index (χ1) is 12.0. The van der Waals surface area contributed by atoms with Gasteiger partial charge in [-0.25, -0.2) is 4.79 Å². The molecule has 1 aromatic rings. The Morgan fingerprint density at radius 2 is 1.88 bits per heavy atom.